The number of amides is 1. The molecule has 2 aliphatic carbocycles. The number of hydrogen-bond donors (Lipinski definition) is 1. The molecule has 0 aliphatic heterocycles. The van der Waals surface area contributed by atoms with E-state index in [4.69, 9.17) is 15.4 Å². The lowest BCUT2D eigenvalue weighted by Crippen LogP contribution is -2.50. The number of halogens is 1. The van der Waals surface area contributed by atoms with Crippen molar-refractivity contribution >= 4 is 25.8 Å². The molecular weight excluding hydrogens is 338 g/mol. The molecule has 1 N–H and O–H groups in total. The van der Waals surface area contributed by atoms with Gasteiger partial charge < -0.3 is 10.1 Å². The molecule has 0 radical (unpaired) electrons. The maximum atomic E-state index is 11.9. The minimum Gasteiger partial charge on any atom is -0.445 e. The van der Waals surface area contributed by atoms with Crippen molar-refractivity contribution in [2.75, 3.05) is 5.75 Å². The van der Waals surface area contributed by atoms with Gasteiger partial charge in [-0.2, -0.15) is 0 Å². The average molecular weight is 358 g/mol. The predicted octanol–water partition coefficient (Wildman–Crippen LogP) is 2.90. The molecule has 0 aromatic heterocycles. The van der Waals surface area contributed by atoms with Crippen molar-refractivity contribution in [2.24, 2.45) is 17.8 Å². The summed E-state index contributed by atoms with van der Waals surface area (Å²) < 4.78 is 27.6. The summed E-state index contributed by atoms with van der Waals surface area (Å²) >= 11 is 0. The molecule has 1 aromatic rings. The molecule has 0 heterocycles. The molecule has 2 saturated carbocycles. The van der Waals surface area contributed by atoms with E-state index >= 15 is 0 Å². The van der Waals surface area contributed by atoms with Gasteiger partial charge in [0.15, 0.2) is 0 Å². The van der Waals surface area contributed by atoms with Gasteiger partial charge in [0.05, 0.1) is 5.75 Å². The van der Waals surface area contributed by atoms with Crippen LogP contribution in [0.25, 0.3) is 0 Å². The minimum atomic E-state index is -3.45. The Labute approximate surface area is 140 Å². The smallest absolute Gasteiger partial charge is 0.407 e. The van der Waals surface area contributed by atoms with Gasteiger partial charge in [0.2, 0.25) is 9.05 Å². The number of hydrogen-bond acceptors (Lipinski definition) is 4. The van der Waals surface area contributed by atoms with Crippen molar-refractivity contribution in [1.29, 1.82) is 0 Å². The highest BCUT2D eigenvalue weighted by molar-refractivity contribution is 8.13. The van der Waals surface area contributed by atoms with Crippen LogP contribution in [0.1, 0.15) is 24.8 Å². The Morgan fingerprint density at radius 3 is 2.65 bits per heavy atom. The van der Waals surface area contributed by atoms with Crippen LogP contribution in [0.5, 0.6) is 0 Å². The molecule has 4 atom stereocenters. The molecule has 7 heteroatoms. The van der Waals surface area contributed by atoms with E-state index < -0.39 is 15.1 Å². The summed E-state index contributed by atoms with van der Waals surface area (Å²) in [7, 11) is 1.89. The molecule has 1 aromatic carbocycles. The molecule has 0 saturated heterocycles. The number of alkyl carbamates (subject to hydrolysis) is 1. The highest BCUT2D eigenvalue weighted by Crippen LogP contribution is 2.50. The number of nitrogens with one attached hydrogen (secondary N) is 1. The third-order valence-corrected chi connectivity index (χ3v) is 6.12. The highest BCUT2D eigenvalue weighted by Gasteiger charge is 2.48. The average Bonchev–Trinajstić information content (AvgIpc) is 2.79. The van der Waals surface area contributed by atoms with E-state index in [1.54, 1.807) is 0 Å². The maximum absolute atomic E-state index is 11.9. The molecule has 23 heavy (non-hydrogen) atoms. The van der Waals surface area contributed by atoms with Crippen molar-refractivity contribution in [1.82, 2.24) is 5.32 Å². The van der Waals surface area contributed by atoms with Crippen LogP contribution >= 0.6 is 10.7 Å². The van der Waals surface area contributed by atoms with E-state index in [-0.39, 0.29) is 24.3 Å². The lowest BCUT2D eigenvalue weighted by atomic mass is 9.71. The molecule has 126 valence electrons. The third-order valence-electron chi connectivity index (χ3n) is 4.87. The molecule has 0 spiro atoms. The molecule has 1 amide bonds. The molecule has 5 nitrogen and oxygen atoms in total. The van der Waals surface area contributed by atoms with Gasteiger partial charge in [-0.05, 0) is 42.6 Å². The summed E-state index contributed by atoms with van der Waals surface area (Å²) in [6.45, 7) is 0.251. The summed E-state index contributed by atoms with van der Waals surface area (Å²) in [5.41, 5.74) is 0.947. The lowest BCUT2D eigenvalue weighted by molar-refractivity contribution is 0.0986. The minimum absolute atomic E-state index is 0.0345. The predicted molar refractivity (Wildman–Crippen MR) is 87.5 cm³/mol. The molecule has 4 unspecified atom stereocenters. The van der Waals surface area contributed by atoms with Crippen LogP contribution in [0.2, 0.25) is 0 Å². The zero-order chi connectivity index (χ0) is 16.4. The Balaban J connectivity index is 1.43. The Bertz CT molecular complexity index is 664. The SMILES string of the molecule is O=C(NC1CC2CC(CS(=O)(=O)Cl)CC21)OCc1ccccc1. The van der Waals surface area contributed by atoms with Crippen LogP contribution in [0.15, 0.2) is 30.3 Å². The van der Waals surface area contributed by atoms with Crippen molar-refractivity contribution in [3.05, 3.63) is 35.9 Å². The summed E-state index contributed by atoms with van der Waals surface area (Å²) in [5.74, 6) is 0.993. The van der Waals surface area contributed by atoms with E-state index in [1.807, 2.05) is 30.3 Å². The fourth-order valence-electron chi connectivity index (χ4n) is 3.85. The summed E-state index contributed by atoms with van der Waals surface area (Å²) in [5, 5.41) is 2.90. The van der Waals surface area contributed by atoms with Crippen LogP contribution in [0, 0.1) is 17.8 Å². The van der Waals surface area contributed by atoms with Gasteiger partial charge in [0.1, 0.15) is 6.61 Å². The Kier molecular flexibility index (Phi) is 4.82. The van der Waals surface area contributed by atoms with E-state index in [1.165, 1.54) is 0 Å². The summed E-state index contributed by atoms with van der Waals surface area (Å²) in [6, 6.07) is 9.61. The molecule has 0 bridgehead atoms. The van der Waals surface area contributed by atoms with Crippen LogP contribution < -0.4 is 5.32 Å². The first-order chi connectivity index (χ1) is 10.9. The van der Waals surface area contributed by atoms with Gasteiger partial charge in [0, 0.05) is 16.7 Å². The van der Waals surface area contributed by atoms with Crippen molar-refractivity contribution in [3.63, 3.8) is 0 Å². The monoisotopic (exact) mass is 357 g/mol. The molecular formula is C16H20ClNO4S. The summed E-state index contributed by atoms with van der Waals surface area (Å²) in [6.07, 6.45) is 2.17. The van der Waals surface area contributed by atoms with Crippen LogP contribution in [0.4, 0.5) is 4.79 Å². The number of benzene rings is 1. The molecule has 3 rings (SSSR count). The Hall–Kier alpha value is -1.27. The molecule has 2 aliphatic rings. The largest absolute Gasteiger partial charge is 0.445 e. The number of carbonyl (C=O) groups is 1. The van der Waals surface area contributed by atoms with E-state index in [9.17, 15) is 13.2 Å². The second-order valence-electron chi connectivity index (χ2n) is 6.52. The standard InChI is InChI=1S/C16H20ClNO4S/c17-23(20,21)10-12-6-13-8-15(14(13)7-12)18-16(19)22-9-11-4-2-1-3-5-11/h1-5,12-15H,6-10H2,(H,18,19). The van der Waals surface area contributed by atoms with Crippen molar-refractivity contribution in [3.8, 4) is 0 Å². The zero-order valence-corrected chi connectivity index (χ0v) is 14.2. The first kappa shape index (κ1) is 16.6. The number of carbonyl (C=O) groups excluding carboxylic acids is 1. The van der Waals surface area contributed by atoms with Gasteiger partial charge in [-0.15, -0.1) is 0 Å². The van der Waals surface area contributed by atoms with Gasteiger partial charge >= 0.3 is 6.09 Å². The van der Waals surface area contributed by atoms with Gasteiger partial charge in [-0.1, -0.05) is 30.3 Å². The van der Waals surface area contributed by atoms with E-state index in [2.05, 4.69) is 5.32 Å². The molecule has 2 fully saturated rings. The Morgan fingerprint density at radius 2 is 1.96 bits per heavy atom. The lowest BCUT2D eigenvalue weighted by Gasteiger charge is -2.40. The van der Waals surface area contributed by atoms with Gasteiger partial charge in [-0.3, -0.25) is 0 Å². The quantitative estimate of drug-likeness (QED) is 0.822. The highest BCUT2D eigenvalue weighted by atomic mass is 35.7. The summed E-state index contributed by atoms with van der Waals surface area (Å²) in [4.78, 5) is 11.9. The number of fused-ring (bicyclic) bond motifs is 1. The van der Waals surface area contributed by atoms with Crippen LogP contribution in [-0.2, 0) is 20.4 Å². The first-order valence-electron chi connectivity index (χ1n) is 7.80. The topological polar surface area (TPSA) is 72.5 Å². The Morgan fingerprint density at radius 1 is 1.22 bits per heavy atom. The fourth-order valence-corrected chi connectivity index (χ4v) is 5.21. The van der Waals surface area contributed by atoms with Gasteiger partial charge in [-0.25, -0.2) is 13.2 Å². The number of ether oxygens (including phenoxy) is 1. The van der Waals surface area contributed by atoms with E-state index in [0.717, 1.165) is 24.8 Å². The van der Waals surface area contributed by atoms with Crippen molar-refractivity contribution < 1.29 is 17.9 Å². The normalized spacial score (nSPS) is 29.4. The first-order valence-corrected chi connectivity index (χ1v) is 10.3. The second-order valence-corrected chi connectivity index (χ2v) is 9.34. The number of rotatable bonds is 5. The third kappa shape index (κ3) is 4.38. The second kappa shape index (κ2) is 6.69. The maximum Gasteiger partial charge on any atom is 0.407 e. The van der Waals surface area contributed by atoms with Crippen molar-refractivity contribution in [2.45, 2.75) is 31.9 Å². The fraction of sp³-hybridized carbons (Fsp3) is 0.562. The van der Waals surface area contributed by atoms with Gasteiger partial charge in [0.25, 0.3) is 0 Å². The van der Waals surface area contributed by atoms with Crippen LogP contribution in [0.3, 0.4) is 0 Å². The van der Waals surface area contributed by atoms with E-state index in [0.29, 0.717) is 11.8 Å². The zero-order valence-electron chi connectivity index (χ0n) is 12.7. The van der Waals surface area contributed by atoms with Crippen LogP contribution in [-0.4, -0.2) is 26.3 Å².